The average Bonchev–Trinajstić information content (AvgIpc) is 3.70. The van der Waals surface area contributed by atoms with Crippen molar-refractivity contribution in [2.24, 2.45) is 5.73 Å². The summed E-state index contributed by atoms with van der Waals surface area (Å²) < 4.78 is 4.86. The van der Waals surface area contributed by atoms with Crippen LogP contribution in [0.2, 0.25) is 0 Å². The molecule has 0 fully saturated rings. The summed E-state index contributed by atoms with van der Waals surface area (Å²) in [5, 5.41) is 5.08. The molecule has 1 aliphatic rings. The maximum atomic E-state index is 5.84. The van der Waals surface area contributed by atoms with Crippen molar-refractivity contribution in [1.29, 1.82) is 0 Å². The van der Waals surface area contributed by atoms with Crippen LogP contribution in [-0.2, 0) is 12.8 Å². The molecule has 3 heterocycles. The van der Waals surface area contributed by atoms with Crippen molar-refractivity contribution in [2.75, 3.05) is 0 Å². The highest BCUT2D eigenvalue weighted by atomic mass is 15.0. The molecule has 4 heteroatoms. The van der Waals surface area contributed by atoms with E-state index in [0.717, 1.165) is 35.4 Å². The largest absolute Gasteiger partial charge is 0.405 e. The number of pyridine rings is 1. The molecule has 6 aromatic carbocycles. The highest BCUT2D eigenvalue weighted by molar-refractivity contribution is 6.14. The maximum absolute atomic E-state index is 5.84. The van der Waals surface area contributed by atoms with E-state index < -0.39 is 0 Å². The molecule has 1 aliphatic carbocycles. The maximum Gasteiger partial charge on any atom is 0.0547 e. The molecule has 10 rings (SSSR count). The Kier molecular flexibility index (Phi) is 6.97. The molecule has 4 nitrogen and oxygen atoms in total. The van der Waals surface area contributed by atoms with Crippen molar-refractivity contribution in [1.82, 2.24) is 14.1 Å². The van der Waals surface area contributed by atoms with E-state index in [9.17, 15) is 0 Å². The monoisotopic (exact) mass is 668 g/mol. The molecule has 0 saturated heterocycles. The van der Waals surface area contributed by atoms with Gasteiger partial charge in [-0.25, -0.2) is 0 Å². The zero-order valence-electron chi connectivity index (χ0n) is 28.9. The number of para-hydroxylation sites is 2. The van der Waals surface area contributed by atoms with Crippen LogP contribution in [0.1, 0.15) is 23.6 Å². The molecule has 0 aliphatic heterocycles. The second-order valence-corrected chi connectivity index (χ2v) is 13.7. The molecule has 0 radical (unpaired) electrons. The summed E-state index contributed by atoms with van der Waals surface area (Å²) in [6.45, 7) is 2.06. The van der Waals surface area contributed by atoms with Crippen LogP contribution in [0.25, 0.3) is 82.8 Å². The van der Waals surface area contributed by atoms with E-state index in [1.807, 2.05) is 18.5 Å². The first-order chi connectivity index (χ1) is 25.7. The van der Waals surface area contributed by atoms with Gasteiger partial charge in [0.25, 0.3) is 0 Å². The first kappa shape index (κ1) is 30.2. The van der Waals surface area contributed by atoms with Gasteiger partial charge < -0.3 is 14.9 Å². The van der Waals surface area contributed by atoms with E-state index in [1.165, 1.54) is 77.0 Å². The van der Waals surface area contributed by atoms with Crippen molar-refractivity contribution in [3.05, 3.63) is 181 Å². The molecule has 2 N–H and O–H groups in total. The third-order valence-corrected chi connectivity index (χ3v) is 10.9. The number of hydrogen-bond acceptors (Lipinski definition) is 2. The Morgan fingerprint density at radius 3 is 1.65 bits per heavy atom. The summed E-state index contributed by atoms with van der Waals surface area (Å²) in [4.78, 5) is 4.25. The molecule has 0 bridgehead atoms. The van der Waals surface area contributed by atoms with Gasteiger partial charge in [0, 0.05) is 45.3 Å². The van der Waals surface area contributed by atoms with Gasteiger partial charge >= 0.3 is 0 Å². The standard InChI is InChI=1S/C48H36N4/c1-2-31(19-22-49)33-15-17-45-41(25-33)43-27-35-13-14-36-28-44-42-26-34(32-20-23-50-24-21-32)16-18-46(42)52(38-11-7-4-8-12-38)48(44)30-40(36)39(35)29-47(43)51(45)37-9-5-3-6-10-37/h2-12,15-30H,13-14,49H2,1H3/b22-19-,31-2+. The molecule has 52 heavy (non-hydrogen) atoms. The van der Waals surface area contributed by atoms with Crippen LogP contribution >= 0.6 is 0 Å². The van der Waals surface area contributed by atoms with Crippen LogP contribution in [0.5, 0.6) is 0 Å². The normalized spacial score (nSPS) is 13.1. The number of aryl methyl sites for hydroxylation is 2. The van der Waals surface area contributed by atoms with Gasteiger partial charge in [-0.3, -0.25) is 4.98 Å². The van der Waals surface area contributed by atoms with Crippen LogP contribution in [0, 0.1) is 0 Å². The molecule has 0 saturated carbocycles. The number of benzene rings is 6. The summed E-state index contributed by atoms with van der Waals surface area (Å²) in [5.74, 6) is 0. The number of nitrogens with zero attached hydrogens (tertiary/aromatic N) is 3. The number of allylic oxidation sites excluding steroid dienone is 3. The van der Waals surface area contributed by atoms with E-state index in [4.69, 9.17) is 5.73 Å². The SMILES string of the molecule is C/C=C(\C=C/N)c1ccc2c(c1)c1cc3c(cc1n2-c1ccccc1)-c1cc2c(cc1CC3)c1cc(-c3ccncc3)ccc1n2-c1ccccc1. The van der Waals surface area contributed by atoms with Gasteiger partial charge in [0.1, 0.15) is 0 Å². The smallest absolute Gasteiger partial charge is 0.0547 e. The lowest BCUT2D eigenvalue weighted by molar-refractivity contribution is 0.946. The zero-order chi connectivity index (χ0) is 34.8. The first-order valence-electron chi connectivity index (χ1n) is 18.0. The summed E-state index contributed by atoms with van der Waals surface area (Å²) in [6.07, 6.45) is 11.4. The summed E-state index contributed by atoms with van der Waals surface area (Å²) in [5.41, 5.74) is 23.1. The number of fused-ring (bicyclic) bond motifs is 9. The first-order valence-corrected chi connectivity index (χ1v) is 18.0. The fraction of sp³-hybridized carbons (Fsp3) is 0.0625. The zero-order valence-corrected chi connectivity index (χ0v) is 28.9. The molecule has 9 aromatic rings. The van der Waals surface area contributed by atoms with Gasteiger partial charge in [-0.15, -0.1) is 0 Å². The van der Waals surface area contributed by atoms with E-state index in [-0.39, 0.29) is 0 Å². The summed E-state index contributed by atoms with van der Waals surface area (Å²) in [7, 11) is 0. The minimum atomic E-state index is 0.997. The fourth-order valence-corrected chi connectivity index (χ4v) is 8.48. The fourth-order valence-electron chi connectivity index (χ4n) is 8.48. The van der Waals surface area contributed by atoms with Crippen LogP contribution in [0.15, 0.2) is 164 Å². The quantitative estimate of drug-likeness (QED) is 0.186. The predicted molar refractivity (Wildman–Crippen MR) is 218 cm³/mol. The Morgan fingerprint density at radius 1 is 0.558 bits per heavy atom. The summed E-state index contributed by atoms with van der Waals surface area (Å²) >= 11 is 0. The lowest BCUT2D eigenvalue weighted by Gasteiger charge is -2.21. The Hall–Kier alpha value is -6.65. The van der Waals surface area contributed by atoms with Crippen LogP contribution in [-0.4, -0.2) is 14.1 Å². The Bertz CT molecular complexity index is 2890. The van der Waals surface area contributed by atoms with E-state index >= 15 is 0 Å². The summed E-state index contributed by atoms with van der Waals surface area (Å²) in [6, 6.07) is 49.2. The van der Waals surface area contributed by atoms with Crippen molar-refractivity contribution in [3.8, 4) is 33.6 Å². The molecule has 3 aromatic heterocycles. The topological polar surface area (TPSA) is 48.8 Å². The van der Waals surface area contributed by atoms with Gasteiger partial charge in [0.2, 0.25) is 0 Å². The van der Waals surface area contributed by atoms with Gasteiger partial charge in [-0.2, -0.15) is 0 Å². The van der Waals surface area contributed by atoms with Gasteiger partial charge in [0.05, 0.1) is 22.1 Å². The van der Waals surface area contributed by atoms with Gasteiger partial charge in [-0.05, 0) is 161 Å². The minimum Gasteiger partial charge on any atom is -0.405 e. The van der Waals surface area contributed by atoms with E-state index in [2.05, 4.69) is 161 Å². The van der Waals surface area contributed by atoms with Crippen molar-refractivity contribution < 1.29 is 0 Å². The molecule has 248 valence electrons. The van der Waals surface area contributed by atoms with Crippen molar-refractivity contribution >= 4 is 49.2 Å². The average molecular weight is 669 g/mol. The lowest BCUT2D eigenvalue weighted by Crippen LogP contribution is -2.05. The van der Waals surface area contributed by atoms with Crippen LogP contribution < -0.4 is 5.73 Å². The Balaban J connectivity index is 1.24. The van der Waals surface area contributed by atoms with Gasteiger partial charge in [0.15, 0.2) is 0 Å². The molecular weight excluding hydrogens is 633 g/mol. The highest BCUT2D eigenvalue weighted by Crippen LogP contribution is 2.44. The van der Waals surface area contributed by atoms with Gasteiger partial charge in [-0.1, -0.05) is 54.6 Å². The number of nitrogens with two attached hydrogens (primary N) is 1. The van der Waals surface area contributed by atoms with Crippen LogP contribution in [0.4, 0.5) is 0 Å². The predicted octanol–water partition coefficient (Wildman–Crippen LogP) is 11.6. The Morgan fingerprint density at radius 2 is 1.10 bits per heavy atom. The molecule has 0 unspecified atom stereocenters. The Labute approximate surface area is 302 Å². The second kappa shape index (κ2) is 12.0. The minimum absolute atomic E-state index is 0.997. The lowest BCUT2D eigenvalue weighted by atomic mass is 9.84. The highest BCUT2D eigenvalue weighted by Gasteiger charge is 2.24. The van der Waals surface area contributed by atoms with Crippen molar-refractivity contribution in [2.45, 2.75) is 19.8 Å². The number of aromatic nitrogens is 3. The third-order valence-electron chi connectivity index (χ3n) is 10.9. The second-order valence-electron chi connectivity index (χ2n) is 13.7. The molecular formula is C48H36N4. The van der Waals surface area contributed by atoms with Crippen molar-refractivity contribution in [3.63, 3.8) is 0 Å². The molecule has 0 atom stereocenters. The molecule has 0 spiro atoms. The molecule has 0 amide bonds. The van der Waals surface area contributed by atoms with E-state index in [0.29, 0.717) is 0 Å². The van der Waals surface area contributed by atoms with Crippen LogP contribution in [0.3, 0.4) is 0 Å². The number of hydrogen-bond donors (Lipinski definition) is 1. The van der Waals surface area contributed by atoms with E-state index in [1.54, 1.807) is 6.20 Å². The number of rotatable bonds is 5. The third kappa shape index (κ3) is 4.65.